The quantitative estimate of drug-likeness (QED) is 0.677. The number of carbonyl (C=O) groups excluding carboxylic acids is 3. The van der Waals surface area contributed by atoms with Crippen LogP contribution in [0.1, 0.15) is 12.5 Å². The molecule has 1 fully saturated rings. The van der Waals surface area contributed by atoms with Crippen LogP contribution in [0.4, 0.5) is 10.5 Å². The van der Waals surface area contributed by atoms with Gasteiger partial charge in [-0.2, -0.15) is 0 Å². The van der Waals surface area contributed by atoms with Crippen molar-refractivity contribution < 1.29 is 14.4 Å². The third-order valence-corrected chi connectivity index (χ3v) is 5.37. The minimum Gasteiger partial charge on any atom is -0.363 e. The van der Waals surface area contributed by atoms with Crippen LogP contribution in [0.25, 0.3) is 6.08 Å². The maximum absolute atomic E-state index is 12.5. The molecule has 0 radical (unpaired) electrons. The zero-order valence-corrected chi connectivity index (χ0v) is 17.0. The zero-order chi connectivity index (χ0) is 20.6. The molecule has 1 N–H and O–H groups in total. The fourth-order valence-corrected chi connectivity index (χ4v) is 3.82. The van der Waals surface area contributed by atoms with E-state index in [-0.39, 0.29) is 36.7 Å². The van der Waals surface area contributed by atoms with Gasteiger partial charge in [-0.1, -0.05) is 48.5 Å². The molecule has 7 heteroatoms. The predicted molar refractivity (Wildman–Crippen MR) is 116 cm³/mol. The Bertz CT molecular complexity index is 900. The summed E-state index contributed by atoms with van der Waals surface area (Å²) in [7, 11) is 0. The highest BCUT2D eigenvalue weighted by atomic mass is 32.2. The fourth-order valence-electron chi connectivity index (χ4n) is 2.95. The van der Waals surface area contributed by atoms with Crippen LogP contribution >= 0.6 is 11.8 Å². The number of nitrogens with zero attached hydrogens (tertiary/aromatic N) is 2. The molecule has 1 saturated heterocycles. The van der Waals surface area contributed by atoms with Gasteiger partial charge in [-0.05, 0) is 42.5 Å². The van der Waals surface area contributed by atoms with Gasteiger partial charge in [0.1, 0.15) is 0 Å². The van der Waals surface area contributed by atoms with Crippen LogP contribution in [0.5, 0.6) is 0 Å². The van der Waals surface area contributed by atoms with Crippen molar-refractivity contribution in [3.05, 3.63) is 71.1 Å². The molecule has 0 saturated carbocycles. The first-order valence-corrected chi connectivity index (χ1v) is 10.3. The second kappa shape index (κ2) is 9.93. The van der Waals surface area contributed by atoms with Crippen molar-refractivity contribution in [2.75, 3.05) is 31.1 Å². The number of amides is 3. The predicted octanol–water partition coefficient (Wildman–Crippen LogP) is 3.37. The summed E-state index contributed by atoms with van der Waals surface area (Å²) in [5.41, 5.74) is 1.84. The molecule has 6 nitrogen and oxygen atoms in total. The fraction of sp³-hybridized carbons (Fsp3) is 0.227. The first kappa shape index (κ1) is 20.7. The summed E-state index contributed by atoms with van der Waals surface area (Å²) in [6.45, 7) is 3.28. The van der Waals surface area contributed by atoms with Gasteiger partial charge in [-0.3, -0.25) is 19.3 Å². The summed E-state index contributed by atoms with van der Waals surface area (Å²) < 4.78 is 0. The Hall–Kier alpha value is -3.06. The average Bonchev–Trinajstić information content (AvgIpc) is 3.00. The van der Waals surface area contributed by atoms with Crippen LogP contribution < -0.4 is 10.2 Å². The topological polar surface area (TPSA) is 69.7 Å². The largest absolute Gasteiger partial charge is 0.363 e. The summed E-state index contributed by atoms with van der Waals surface area (Å²) in [6.07, 6.45) is 1.71. The molecule has 0 bridgehead atoms. The maximum Gasteiger partial charge on any atom is 0.293 e. The molecule has 2 aromatic carbocycles. The van der Waals surface area contributed by atoms with Gasteiger partial charge < -0.3 is 10.2 Å². The lowest BCUT2D eigenvalue weighted by molar-refractivity contribution is -0.124. The van der Waals surface area contributed by atoms with Crippen LogP contribution in [-0.2, 0) is 9.59 Å². The van der Waals surface area contributed by atoms with Crippen LogP contribution in [-0.4, -0.2) is 48.1 Å². The van der Waals surface area contributed by atoms with Crippen LogP contribution in [0.3, 0.4) is 0 Å². The van der Waals surface area contributed by atoms with Crippen molar-refractivity contribution in [3.63, 3.8) is 0 Å². The van der Waals surface area contributed by atoms with E-state index in [1.807, 2.05) is 72.5 Å². The number of hydrogen-bond donors (Lipinski definition) is 1. The van der Waals surface area contributed by atoms with E-state index in [4.69, 9.17) is 0 Å². The molecule has 29 heavy (non-hydrogen) atoms. The monoisotopic (exact) mass is 409 g/mol. The summed E-state index contributed by atoms with van der Waals surface area (Å²) >= 11 is 0.925. The molecule has 1 aliphatic rings. The lowest BCUT2D eigenvalue weighted by atomic mass is 10.2. The molecule has 1 heterocycles. The van der Waals surface area contributed by atoms with Crippen molar-refractivity contribution in [1.82, 2.24) is 10.2 Å². The van der Waals surface area contributed by atoms with Crippen molar-refractivity contribution >= 4 is 40.6 Å². The molecule has 0 atom stereocenters. The van der Waals surface area contributed by atoms with Crippen LogP contribution in [0.15, 0.2) is 65.6 Å². The van der Waals surface area contributed by atoms with Gasteiger partial charge in [0.2, 0.25) is 5.91 Å². The van der Waals surface area contributed by atoms with Crippen LogP contribution in [0, 0.1) is 0 Å². The lowest BCUT2D eigenvalue weighted by Crippen LogP contribution is -2.41. The minimum absolute atomic E-state index is 0.150. The maximum atomic E-state index is 12.5. The molecular formula is C22H23N3O3S. The smallest absolute Gasteiger partial charge is 0.293 e. The Balaban J connectivity index is 1.51. The van der Waals surface area contributed by atoms with Crippen LogP contribution in [0.2, 0.25) is 0 Å². The third-order valence-electron chi connectivity index (χ3n) is 4.47. The Morgan fingerprint density at radius 3 is 2.38 bits per heavy atom. The van der Waals surface area contributed by atoms with Gasteiger partial charge in [0.15, 0.2) is 0 Å². The van der Waals surface area contributed by atoms with Crippen molar-refractivity contribution in [2.24, 2.45) is 0 Å². The van der Waals surface area contributed by atoms with E-state index in [0.717, 1.165) is 23.0 Å². The summed E-state index contributed by atoms with van der Waals surface area (Å²) in [4.78, 5) is 40.5. The Kier molecular flexibility index (Phi) is 7.08. The molecule has 0 aliphatic carbocycles. The van der Waals surface area contributed by atoms with E-state index < -0.39 is 0 Å². The standard InChI is InChI=1S/C22H23N3O3S/c1-2-24(18-11-7-4-8-12-18)16-20(26)23-13-14-25-21(27)19(29-22(25)28)15-17-9-5-3-6-10-17/h3-12,15H,2,13-14,16H2,1H3,(H,23,26). The second-order valence-corrected chi connectivity index (χ2v) is 7.44. The number of benzene rings is 2. The highest BCUT2D eigenvalue weighted by molar-refractivity contribution is 8.18. The molecule has 2 aromatic rings. The Morgan fingerprint density at radius 1 is 1.07 bits per heavy atom. The Morgan fingerprint density at radius 2 is 1.72 bits per heavy atom. The lowest BCUT2D eigenvalue weighted by Gasteiger charge is -2.22. The molecule has 0 unspecified atom stereocenters. The highest BCUT2D eigenvalue weighted by Crippen LogP contribution is 2.31. The third kappa shape index (κ3) is 5.48. The minimum atomic E-state index is -0.322. The van der Waals surface area contributed by atoms with Gasteiger partial charge in [0.25, 0.3) is 11.1 Å². The number of carbonyl (C=O) groups is 3. The van der Waals surface area contributed by atoms with E-state index in [2.05, 4.69) is 5.32 Å². The SMILES string of the molecule is CCN(CC(=O)NCCN1C(=O)SC(=Cc2ccccc2)C1=O)c1ccccc1. The summed E-state index contributed by atoms with van der Waals surface area (Å²) in [6, 6.07) is 19.1. The molecule has 1 aliphatic heterocycles. The summed E-state index contributed by atoms with van der Waals surface area (Å²) in [5, 5.41) is 2.48. The molecule has 3 rings (SSSR count). The first-order chi connectivity index (χ1) is 14.1. The first-order valence-electron chi connectivity index (χ1n) is 9.45. The number of anilines is 1. The number of rotatable bonds is 8. The number of nitrogens with one attached hydrogen (secondary N) is 1. The van der Waals surface area contributed by atoms with Crippen molar-refractivity contribution in [1.29, 1.82) is 0 Å². The summed E-state index contributed by atoms with van der Waals surface area (Å²) in [5.74, 6) is -0.472. The van der Waals surface area contributed by atoms with E-state index in [1.54, 1.807) is 6.08 Å². The molecule has 0 aromatic heterocycles. The normalized spacial score (nSPS) is 15.1. The van der Waals surface area contributed by atoms with Crippen molar-refractivity contribution in [3.8, 4) is 0 Å². The number of para-hydroxylation sites is 1. The van der Waals surface area contributed by atoms with Gasteiger partial charge in [0.05, 0.1) is 11.4 Å². The number of likely N-dealkylation sites (N-methyl/N-ethyl adjacent to an activating group) is 1. The zero-order valence-electron chi connectivity index (χ0n) is 16.2. The average molecular weight is 410 g/mol. The number of imide groups is 1. The van der Waals surface area contributed by atoms with E-state index in [9.17, 15) is 14.4 Å². The van der Waals surface area contributed by atoms with Gasteiger partial charge in [-0.25, -0.2) is 0 Å². The van der Waals surface area contributed by atoms with Gasteiger partial charge in [0, 0.05) is 25.3 Å². The number of thioether (sulfide) groups is 1. The molecule has 3 amide bonds. The van der Waals surface area contributed by atoms with Crippen molar-refractivity contribution in [2.45, 2.75) is 6.92 Å². The van der Waals surface area contributed by atoms with Gasteiger partial charge >= 0.3 is 0 Å². The van der Waals surface area contributed by atoms with E-state index >= 15 is 0 Å². The highest BCUT2D eigenvalue weighted by Gasteiger charge is 2.34. The van der Waals surface area contributed by atoms with Gasteiger partial charge in [-0.15, -0.1) is 0 Å². The van der Waals surface area contributed by atoms with E-state index in [0.29, 0.717) is 11.4 Å². The van der Waals surface area contributed by atoms with E-state index in [1.165, 1.54) is 4.90 Å². The molecule has 150 valence electrons. The molecular weight excluding hydrogens is 386 g/mol. The Labute approximate surface area is 174 Å². The number of hydrogen-bond acceptors (Lipinski definition) is 5. The second-order valence-electron chi connectivity index (χ2n) is 6.44. The molecule has 0 spiro atoms.